The maximum Gasteiger partial charge on any atom is 0.252 e. The van der Waals surface area contributed by atoms with Crippen molar-refractivity contribution >= 4 is 124 Å². The monoisotopic (exact) mass is 1550 g/mol. The van der Waals surface area contributed by atoms with Crippen molar-refractivity contribution < 1.29 is 0 Å². The van der Waals surface area contributed by atoms with Crippen molar-refractivity contribution in [1.82, 2.24) is 34.5 Å². The Labute approximate surface area is 628 Å². The first-order chi connectivity index (χ1) is 51.3. The van der Waals surface area contributed by atoms with Crippen molar-refractivity contribution in [3.8, 4) is 113 Å². The molecule has 0 spiro atoms. The van der Waals surface area contributed by atoms with Gasteiger partial charge in [-0.3, -0.25) is 0 Å². The molecule has 0 fully saturated rings. The van der Waals surface area contributed by atoms with Crippen LogP contribution in [0.25, 0.3) is 129 Å². The topological polar surface area (TPSA) is 113 Å². The number of hydrogen-bond acceptors (Lipinski definition) is 9. The lowest BCUT2D eigenvalue weighted by molar-refractivity contribution is 1.06. The summed E-state index contributed by atoms with van der Waals surface area (Å²) >= 11 is 4.99. The summed E-state index contributed by atoms with van der Waals surface area (Å²) in [5.41, 5.74) is 24.9. The predicted molar refractivity (Wildman–Crippen MR) is 441 cm³/mol. The van der Waals surface area contributed by atoms with E-state index >= 15 is 0 Å². The molecule has 19 rings (SSSR count). The van der Waals surface area contributed by atoms with Crippen molar-refractivity contribution in [3.63, 3.8) is 0 Å². The smallest absolute Gasteiger partial charge is 0.252 e. The molecular formula is C91H55BI2N10. The van der Waals surface area contributed by atoms with Gasteiger partial charge in [0.25, 0.3) is 6.71 Å². The molecule has 0 bridgehead atoms. The summed E-state index contributed by atoms with van der Waals surface area (Å²) in [6.45, 7) is -0.110. The number of anilines is 6. The van der Waals surface area contributed by atoms with Crippen LogP contribution in [0.15, 0.2) is 334 Å². The lowest BCUT2D eigenvalue weighted by atomic mass is 9.33. The Balaban J connectivity index is 0.874. The first kappa shape index (κ1) is 62.5. The molecule has 13 heteroatoms. The Morgan fingerprint density at radius 2 is 0.625 bits per heavy atom. The highest BCUT2D eigenvalue weighted by atomic mass is 127. The van der Waals surface area contributed by atoms with Crippen LogP contribution in [0.1, 0.15) is 5.56 Å². The van der Waals surface area contributed by atoms with Gasteiger partial charge in [0, 0.05) is 85.4 Å². The SMILES string of the molecule is N#Cc1ccc(-n2c3ccc(-c4cc5c6c(c4)N(c4ccc(-c7ccccc7)cc4)c4ccc(I)cc4B6c4cc(I)ccc4N5c4ccc(-c5ccccc5)cc4)cc3c3cc(-c4nc(-c5ccccc5)nc(-c5ccccc5)n4)ccc32)c(-c2nc(-c3ccccc3)nc(-c3ccccc3)n2)c1. The fourth-order valence-electron chi connectivity index (χ4n) is 15.0. The van der Waals surface area contributed by atoms with E-state index in [0.717, 1.165) is 123 Å². The van der Waals surface area contributed by atoms with Crippen LogP contribution in [-0.2, 0) is 0 Å². The van der Waals surface area contributed by atoms with Crippen LogP contribution < -0.4 is 26.2 Å². The van der Waals surface area contributed by atoms with Crippen molar-refractivity contribution in [2.24, 2.45) is 0 Å². The number of rotatable bonds is 12. The highest BCUT2D eigenvalue weighted by Crippen LogP contribution is 2.49. The second-order valence-electron chi connectivity index (χ2n) is 26.0. The zero-order chi connectivity index (χ0) is 69.4. The molecule has 0 aliphatic carbocycles. The highest BCUT2D eigenvalue weighted by molar-refractivity contribution is 14.1. The standard InChI is InChI=1S/C91H55BI2N10/c93-69-38-47-81-76(54-69)92-77-55-70(94)39-48-82(77)103(72-42-34-61(35-43-72)59-21-9-2-10-22-59)84-53-68(52-83(85(84)92)102(81)71-40-32-60(33-41-71)58-19-7-1-8-20-58)66-36-45-78-73(50-66)74-51-67(90-98-86(62-23-11-3-12-24-62)96-87(99-90)63-25-13-4-14-26-63)37-46-79(74)104(78)80-44-31-57(56-95)49-75(80)91-100-88(64-27-15-5-16-28-64)97-89(101-91)65-29-17-6-18-30-65/h1-55H. The zero-order valence-corrected chi connectivity index (χ0v) is 59.9. The van der Waals surface area contributed by atoms with E-state index in [9.17, 15) is 5.26 Å². The molecule has 0 atom stereocenters. The van der Waals surface area contributed by atoms with Crippen molar-refractivity contribution in [2.45, 2.75) is 0 Å². The van der Waals surface area contributed by atoms with E-state index in [4.69, 9.17) is 29.9 Å². The van der Waals surface area contributed by atoms with Crippen molar-refractivity contribution in [1.29, 1.82) is 5.26 Å². The van der Waals surface area contributed by atoms with Gasteiger partial charge in [0.05, 0.1) is 28.4 Å². The fraction of sp³-hybridized carbons (Fsp3) is 0. The summed E-state index contributed by atoms with van der Waals surface area (Å²) in [7, 11) is 0. The largest absolute Gasteiger partial charge is 0.311 e. The second kappa shape index (κ2) is 26.2. The summed E-state index contributed by atoms with van der Waals surface area (Å²) in [5, 5.41) is 12.7. The third-order valence-corrected chi connectivity index (χ3v) is 21.2. The van der Waals surface area contributed by atoms with E-state index in [0.29, 0.717) is 46.1 Å². The average Bonchev–Trinajstić information content (AvgIpc) is 0.736. The Hall–Kier alpha value is -12.5. The lowest BCUT2D eigenvalue weighted by Crippen LogP contribution is -2.61. The summed E-state index contributed by atoms with van der Waals surface area (Å²) in [6.07, 6.45) is 0. The number of aromatic nitrogens is 7. The molecule has 0 saturated heterocycles. The van der Waals surface area contributed by atoms with Crippen molar-refractivity contribution in [3.05, 3.63) is 346 Å². The third-order valence-electron chi connectivity index (χ3n) is 19.8. The first-order valence-corrected chi connectivity index (χ1v) is 36.5. The zero-order valence-electron chi connectivity index (χ0n) is 55.6. The van der Waals surface area contributed by atoms with Gasteiger partial charge < -0.3 is 14.4 Å². The van der Waals surface area contributed by atoms with Crippen LogP contribution in [0, 0.1) is 18.5 Å². The van der Waals surface area contributed by atoms with Crippen LogP contribution in [0.3, 0.4) is 0 Å². The molecule has 14 aromatic carbocycles. The molecule has 3 aromatic heterocycles. The predicted octanol–water partition coefficient (Wildman–Crippen LogP) is 21.3. The quantitative estimate of drug-likeness (QED) is 0.0872. The first-order valence-electron chi connectivity index (χ1n) is 34.4. The maximum absolute atomic E-state index is 10.8. The average molecular weight is 1550 g/mol. The minimum absolute atomic E-state index is 0.110. The van der Waals surface area contributed by atoms with Gasteiger partial charge in [0.1, 0.15) is 0 Å². The minimum Gasteiger partial charge on any atom is -0.311 e. The molecular weight excluding hydrogens is 1500 g/mol. The molecule has 0 radical (unpaired) electrons. The molecule has 104 heavy (non-hydrogen) atoms. The van der Waals surface area contributed by atoms with E-state index < -0.39 is 0 Å². The third kappa shape index (κ3) is 11.2. The molecule has 486 valence electrons. The number of halogens is 2. The van der Waals surface area contributed by atoms with Gasteiger partial charge in [-0.15, -0.1) is 0 Å². The maximum atomic E-state index is 10.8. The normalized spacial score (nSPS) is 12.1. The Bertz CT molecular complexity index is 5980. The summed E-state index contributed by atoms with van der Waals surface area (Å²) in [4.78, 5) is 36.3. The van der Waals surface area contributed by atoms with E-state index in [1.807, 2.05) is 140 Å². The molecule has 0 unspecified atom stereocenters. The number of fused-ring (bicyclic) bond motifs is 7. The molecule has 17 aromatic rings. The molecule has 2 aliphatic rings. The molecule has 5 heterocycles. The molecule has 2 aliphatic heterocycles. The number of nitriles is 1. The Morgan fingerprint density at radius 1 is 0.279 bits per heavy atom. The van der Waals surface area contributed by atoms with Crippen LogP contribution >= 0.6 is 45.2 Å². The van der Waals surface area contributed by atoms with Crippen LogP contribution in [0.4, 0.5) is 34.1 Å². The van der Waals surface area contributed by atoms with E-state index in [1.165, 1.54) is 23.5 Å². The number of benzene rings is 14. The van der Waals surface area contributed by atoms with Gasteiger partial charge in [0.2, 0.25) is 0 Å². The van der Waals surface area contributed by atoms with Crippen LogP contribution in [0.2, 0.25) is 0 Å². The van der Waals surface area contributed by atoms with E-state index in [-0.39, 0.29) is 6.71 Å². The molecule has 0 N–H and O–H groups in total. The van der Waals surface area contributed by atoms with Crippen molar-refractivity contribution in [2.75, 3.05) is 9.80 Å². The van der Waals surface area contributed by atoms with Crippen LogP contribution in [-0.4, -0.2) is 41.2 Å². The Kier molecular flexibility index (Phi) is 15.7. The lowest BCUT2D eigenvalue weighted by Gasteiger charge is -2.44. The number of nitrogens with zero attached hydrogens (tertiary/aromatic N) is 10. The van der Waals surface area contributed by atoms with Gasteiger partial charge >= 0.3 is 0 Å². The van der Waals surface area contributed by atoms with Gasteiger partial charge in [-0.1, -0.05) is 224 Å². The number of hydrogen-bond donors (Lipinski definition) is 0. The molecule has 10 nitrogen and oxygen atoms in total. The van der Waals surface area contributed by atoms with E-state index in [1.54, 1.807) is 0 Å². The van der Waals surface area contributed by atoms with Gasteiger partial charge in [-0.05, 0) is 204 Å². The van der Waals surface area contributed by atoms with Crippen LogP contribution in [0.5, 0.6) is 0 Å². The van der Waals surface area contributed by atoms with E-state index in [2.05, 4.69) is 260 Å². The minimum atomic E-state index is -0.110. The van der Waals surface area contributed by atoms with Gasteiger partial charge in [-0.25, -0.2) is 29.9 Å². The summed E-state index contributed by atoms with van der Waals surface area (Å²) < 4.78 is 4.63. The Morgan fingerprint density at radius 3 is 1.04 bits per heavy atom. The fourth-order valence-corrected chi connectivity index (χ4v) is 16.0. The van der Waals surface area contributed by atoms with Gasteiger partial charge in [-0.2, -0.15) is 5.26 Å². The van der Waals surface area contributed by atoms with Gasteiger partial charge in [0.15, 0.2) is 34.9 Å². The molecule has 0 saturated carbocycles. The summed E-state index contributed by atoms with van der Waals surface area (Å²) in [6, 6.07) is 120. The second-order valence-corrected chi connectivity index (χ2v) is 28.5. The highest BCUT2D eigenvalue weighted by Gasteiger charge is 2.44. The molecule has 0 amide bonds. The summed E-state index contributed by atoms with van der Waals surface area (Å²) in [5.74, 6) is 3.12.